The molecule has 0 radical (unpaired) electrons. The van der Waals surface area contributed by atoms with Gasteiger partial charge in [-0.15, -0.1) is 0 Å². The van der Waals surface area contributed by atoms with Crippen LogP contribution in [0, 0.1) is 5.92 Å². The topological polar surface area (TPSA) is 40.5 Å². The molecule has 0 spiro atoms. The van der Waals surface area contributed by atoms with E-state index in [4.69, 9.17) is 5.11 Å². The van der Waals surface area contributed by atoms with Crippen molar-refractivity contribution in [1.29, 1.82) is 0 Å². The molecule has 0 unspecified atom stereocenters. The third kappa shape index (κ3) is 0.696. The quantitative estimate of drug-likeness (QED) is 0.549. The maximum absolute atomic E-state index is 10.5. The van der Waals surface area contributed by atoms with Gasteiger partial charge in [0, 0.05) is 12.6 Å². The summed E-state index contributed by atoms with van der Waals surface area (Å²) in [5, 5.41) is 8.66. The Kier molecular flexibility index (Phi) is 1.13. The third-order valence-electron chi connectivity index (χ3n) is 2.65. The molecule has 1 N–H and O–H groups in total. The molecule has 3 nitrogen and oxygen atoms in total. The van der Waals surface area contributed by atoms with E-state index in [1.165, 1.54) is 6.42 Å². The first-order chi connectivity index (χ1) is 4.77. The molecule has 1 saturated heterocycles. The predicted molar refractivity (Wildman–Crippen MR) is 35.9 cm³/mol. The second kappa shape index (κ2) is 1.87. The van der Waals surface area contributed by atoms with Gasteiger partial charge in [0.25, 0.3) is 0 Å². The Morgan fingerprint density at radius 1 is 1.50 bits per heavy atom. The molecule has 2 atom stereocenters. The number of hydrogen-bond donors (Lipinski definition) is 1. The zero-order chi connectivity index (χ0) is 7.14. The summed E-state index contributed by atoms with van der Waals surface area (Å²) in [6, 6.07) is 0.363. The molecule has 1 heterocycles. The van der Waals surface area contributed by atoms with Crippen molar-refractivity contribution in [3.63, 3.8) is 0 Å². The molecule has 2 fully saturated rings. The molecule has 0 aromatic rings. The van der Waals surface area contributed by atoms with Crippen molar-refractivity contribution in [2.75, 3.05) is 6.54 Å². The van der Waals surface area contributed by atoms with E-state index in [1.54, 1.807) is 4.90 Å². The number of carboxylic acid groups (broad SMARTS) is 1. The van der Waals surface area contributed by atoms with E-state index in [1.807, 2.05) is 0 Å². The number of carbonyl (C=O) groups is 1. The van der Waals surface area contributed by atoms with Gasteiger partial charge in [-0.3, -0.25) is 0 Å². The minimum Gasteiger partial charge on any atom is -0.465 e. The van der Waals surface area contributed by atoms with Gasteiger partial charge >= 0.3 is 6.09 Å². The van der Waals surface area contributed by atoms with Crippen LogP contribution in [0.4, 0.5) is 4.79 Å². The van der Waals surface area contributed by atoms with Crippen molar-refractivity contribution >= 4 is 6.09 Å². The van der Waals surface area contributed by atoms with E-state index < -0.39 is 6.09 Å². The maximum Gasteiger partial charge on any atom is 0.407 e. The van der Waals surface area contributed by atoms with Crippen molar-refractivity contribution < 1.29 is 9.90 Å². The highest BCUT2D eigenvalue weighted by molar-refractivity contribution is 5.66. The molecular weight excluding hydrogens is 130 g/mol. The van der Waals surface area contributed by atoms with Crippen molar-refractivity contribution in [2.45, 2.75) is 25.3 Å². The lowest BCUT2D eigenvalue weighted by atomic mass is 10.1. The lowest BCUT2D eigenvalue weighted by molar-refractivity contribution is 0.130. The smallest absolute Gasteiger partial charge is 0.407 e. The van der Waals surface area contributed by atoms with Gasteiger partial charge in [0.2, 0.25) is 0 Å². The molecule has 10 heavy (non-hydrogen) atoms. The Hall–Kier alpha value is -0.730. The molecule has 0 aromatic heterocycles. The van der Waals surface area contributed by atoms with Crippen LogP contribution in [0.15, 0.2) is 0 Å². The zero-order valence-electron chi connectivity index (χ0n) is 5.79. The number of piperidine rings is 1. The summed E-state index contributed by atoms with van der Waals surface area (Å²) >= 11 is 0. The molecule has 1 amide bonds. The first kappa shape index (κ1) is 6.01. The van der Waals surface area contributed by atoms with Crippen molar-refractivity contribution in [3.8, 4) is 0 Å². The van der Waals surface area contributed by atoms with Gasteiger partial charge in [0.15, 0.2) is 0 Å². The number of fused-ring (bicyclic) bond motifs is 2. The molecule has 3 heteroatoms. The summed E-state index contributed by atoms with van der Waals surface area (Å²) in [4.78, 5) is 12.1. The lowest BCUT2D eigenvalue weighted by Crippen LogP contribution is -2.36. The number of hydrogen-bond acceptors (Lipinski definition) is 1. The minimum atomic E-state index is -0.729. The summed E-state index contributed by atoms with van der Waals surface area (Å²) < 4.78 is 0. The van der Waals surface area contributed by atoms with Gasteiger partial charge in [-0.2, -0.15) is 0 Å². The Bertz CT molecular complexity index is 169. The number of amides is 1. The first-order valence-corrected chi connectivity index (χ1v) is 3.77. The van der Waals surface area contributed by atoms with Crippen LogP contribution in [0.3, 0.4) is 0 Å². The van der Waals surface area contributed by atoms with Gasteiger partial charge in [0.1, 0.15) is 0 Å². The van der Waals surface area contributed by atoms with Crippen LogP contribution in [-0.4, -0.2) is 28.7 Å². The van der Waals surface area contributed by atoms with E-state index in [9.17, 15) is 4.79 Å². The highest BCUT2D eigenvalue weighted by Crippen LogP contribution is 2.36. The minimum absolute atomic E-state index is 0.363. The average molecular weight is 141 g/mol. The monoisotopic (exact) mass is 141 g/mol. The van der Waals surface area contributed by atoms with Crippen molar-refractivity contribution in [1.82, 2.24) is 4.90 Å². The fraction of sp³-hybridized carbons (Fsp3) is 0.857. The Morgan fingerprint density at radius 2 is 2.30 bits per heavy atom. The Labute approximate surface area is 59.6 Å². The van der Waals surface area contributed by atoms with Crippen LogP contribution in [0.25, 0.3) is 0 Å². The molecule has 56 valence electrons. The molecule has 1 saturated carbocycles. The van der Waals surface area contributed by atoms with Gasteiger partial charge in [0.05, 0.1) is 0 Å². The summed E-state index contributed by atoms with van der Waals surface area (Å²) in [7, 11) is 0. The molecule has 1 aliphatic heterocycles. The van der Waals surface area contributed by atoms with Crippen LogP contribution < -0.4 is 0 Å². The lowest BCUT2D eigenvalue weighted by Gasteiger charge is -2.23. The van der Waals surface area contributed by atoms with Crippen LogP contribution in [0.2, 0.25) is 0 Å². The summed E-state index contributed by atoms with van der Waals surface area (Å²) in [6.45, 7) is 0.792. The fourth-order valence-electron chi connectivity index (χ4n) is 2.16. The van der Waals surface area contributed by atoms with E-state index in [-0.39, 0.29) is 0 Å². The number of nitrogens with zero attached hydrogens (tertiary/aromatic N) is 1. The van der Waals surface area contributed by atoms with Gasteiger partial charge in [-0.05, 0) is 25.2 Å². The van der Waals surface area contributed by atoms with E-state index >= 15 is 0 Å². The molecule has 0 aromatic carbocycles. The maximum atomic E-state index is 10.5. The second-order valence-corrected chi connectivity index (χ2v) is 3.27. The third-order valence-corrected chi connectivity index (χ3v) is 2.65. The van der Waals surface area contributed by atoms with E-state index in [2.05, 4.69) is 0 Å². The standard InChI is InChI=1S/C7H11NO2/c9-7(10)8-4-5-1-2-6(8)3-5/h5-6H,1-4H2,(H,9,10)/t5-,6+/m0/s1. The molecule has 1 aliphatic carbocycles. The number of likely N-dealkylation sites (tertiary alicyclic amines) is 1. The molecule has 2 bridgehead atoms. The molecule has 2 rings (SSSR count). The highest BCUT2D eigenvalue weighted by atomic mass is 16.4. The van der Waals surface area contributed by atoms with Crippen LogP contribution in [-0.2, 0) is 0 Å². The van der Waals surface area contributed by atoms with Gasteiger partial charge in [-0.25, -0.2) is 4.79 Å². The second-order valence-electron chi connectivity index (χ2n) is 3.27. The first-order valence-electron chi connectivity index (χ1n) is 3.77. The van der Waals surface area contributed by atoms with Gasteiger partial charge in [-0.1, -0.05) is 0 Å². The largest absolute Gasteiger partial charge is 0.465 e. The number of rotatable bonds is 0. The van der Waals surface area contributed by atoms with Crippen molar-refractivity contribution in [3.05, 3.63) is 0 Å². The predicted octanol–water partition coefficient (Wildman–Crippen LogP) is 1.15. The Morgan fingerprint density at radius 3 is 2.60 bits per heavy atom. The summed E-state index contributed by atoms with van der Waals surface area (Å²) in [5.41, 5.74) is 0. The fourth-order valence-corrected chi connectivity index (χ4v) is 2.16. The summed E-state index contributed by atoms with van der Waals surface area (Å²) in [5.74, 6) is 0.682. The normalized spacial score (nSPS) is 37.0. The average Bonchev–Trinajstić information content (AvgIpc) is 2.44. The molecular formula is C7H11NO2. The van der Waals surface area contributed by atoms with Crippen LogP contribution in [0.5, 0.6) is 0 Å². The van der Waals surface area contributed by atoms with E-state index in [0.29, 0.717) is 12.0 Å². The SMILES string of the molecule is O=C(O)N1C[C@H]2CC[C@@H]1C2. The zero-order valence-corrected chi connectivity index (χ0v) is 5.79. The highest BCUT2D eigenvalue weighted by Gasteiger charge is 2.40. The molecule has 2 aliphatic rings. The van der Waals surface area contributed by atoms with Crippen LogP contribution >= 0.6 is 0 Å². The van der Waals surface area contributed by atoms with Gasteiger partial charge < -0.3 is 10.0 Å². The van der Waals surface area contributed by atoms with Crippen molar-refractivity contribution in [2.24, 2.45) is 5.92 Å². The van der Waals surface area contributed by atoms with E-state index in [0.717, 1.165) is 19.4 Å². The Balaban J connectivity index is 2.08. The summed E-state index contributed by atoms with van der Waals surface area (Å²) in [6.07, 6.45) is 2.73. The van der Waals surface area contributed by atoms with Crippen LogP contribution in [0.1, 0.15) is 19.3 Å².